The molecule has 1 fully saturated rings. The molecule has 0 bridgehead atoms. The molecule has 9 nitrogen and oxygen atoms in total. The smallest absolute Gasteiger partial charge is 0.253 e. The Kier molecular flexibility index (Phi) is 5.00. The molecule has 4 aromatic rings. The molecule has 3 heterocycles. The van der Waals surface area contributed by atoms with Crippen molar-refractivity contribution in [2.75, 3.05) is 31.9 Å². The van der Waals surface area contributed by atoms with Crippen molar-refractivity contribution in [3.8, 4) is 5.69 Å². The van der Waals surface area contributed by atoms with E-state index in [4.69, 9.17) is 5.73 Å². The Morgan fingerprint density at radius 1 is 1.09 bits per heavy atom. The molecular weight excluding hydrogens is 442 g/mol. The molecule has 1 aliphatic heterocycles. The van der Waals surface area contributed by atoms with E-state index in [1.165, 1.54) is 6.20 Å². The number of nitrogens with zero attached hydrogens (tertiary/aromatic N) is 4. The Hall–Kier alpha value is -4.24. The zero-order valence-electron chi connectivity index (χ0n) is 19.3. The largest absolute Gasteiger partial charge is 0.383 e. The standard InChI is InChI=1S/C26H25N7O2/c1-15-30-22-5-4-20(13-23(22)31-15)33-25(27)21(14-29-33)24(34)19-10-16-2-3-17(11-18(16)12-19)26(35)32-8-6-28-7-9-32/h2-5,11-14,28H,6-10,27H2,1H3,(H,30,31). The lowest BCUT2D eigenvalue weighted by molar-refractivity contribution is 0.0735. The van der Waals surface area contributed by atoms with Gasteiger partial charge in [-0.3, -0.25) is 9.59 Å². The molecule has 1 amide bonds. The number of aromatic nitrogens is 4. The number of rotatable bonds is 4. The van der Waals surface area contributed by atoms with Gasteiger partial charge < -0.3 is 20.9 Å². The number of H-pyrrole nitrogens is 1. The number of allylic oxidation sites excluding steroid dienone is 1. The Morgan fingerprint density at radius 3 is 2.74 bits per heavy atom. The summed E-state index contributed by atoms with van der Waals surface area (Å²) in [5.41, 5.74) is 12.4. The summed E-state index contributed by atoms with van der Waals surface area (Å²) in [6, 6.07) is 11.4. The number of nitrogen functional groups attached to an aromatic ring is 1. The second kappa shape index (κ2) is 8.21. The predicted molar refractivity (Wildman–Crippen MR) is 134 cm³/mol. The van der Waals surface area contributed by atoms with Crippen molar-refractivity contribution in [3.05, 3.63) is 76.2 Å². The lowest BCUT2D eigenvalue weighted by Gasteiger charge is -2.27. The Morgan fingerprint density at radius 2 is 1.91 bits per heavy atom. The van der Waals surface area contributed by atoms with E-state index in [2.05, 4.69) is 20.4 Å². The van der Waals surface area contributed by atoms with E-state index in [0.29, 0.717) is 36.2 Å². The minimum absolute atomic E-state index is 0.0254. The first kappa shape index (κ1) is 21.3. The zero-order valence-corrected chi connectivity index (χ0v) is 19.3. The van der Waals surface area contributed by atoms with Crippen LogP contribution in [0.2, 0.25) is 0 Å². The van der Waals surface area contributed by atoms with Crippen LogP contribution in [0, 0.1) is 6.92 Å². The lowest BCUT2D eigenvalue weighted by Crippen LogP contribution is -2.46. The van der Waals surface area contributed by atoms with Gasteiger partial charge in [-0.25, -0.2) is 9.67 Å². The molecule has 2 aromatic heterocycles. The van der Waals surface area contributed by atoms with Gasteiger partial charge in [-0.05, 0) is 54.5 Å². The fourth-order valence-electron chi connectivity index (χ4n) is 4.83. The predicted octanol–water partition coefficient (Wildman–Crippen LogP) is 2.51. The minimum Gasteiger partial charge on any atom is -0.383 e. The highest BCUT2D eigenvalue weighted by molar-refractivity contribution is 6.15. The first-order valence-electron chi connectivity index (χ1n) is 11.7. The summed E-state index contributed by atoms with van der Waals surface area (Å²) in [5.74, 6) is 0.986. The van der Waals surface area contributed by atoms with E-state index in [-0.39, 0.29) is 17.5 Å². The Labute approximate surface area is 201 Å². The first-order valence-corrected chi connectivity index (χ1v) is 11.7. The van der Waals surface area contributed by atoms with Crippen molar-refractivity contribution in [1.29, 1.82) is 0 Å². The fraction of sp³-hybridized carbons (Fsp3) is 0.231. The van der Waals surface area contributed by atoms with Gasteiger partial charge >= 0.3 is 0 Å². The number of carbonyl (C=O) groups excluding carboxylic acids is 2. The molecule has 176 valence electrons. The van der Waals surface area contributed by atoms with Crippen molar-refractivity contribution < 1.29 is 9.59 Å². The maximum Gasteiger partial charge on any atom is 0.253 e. The molecule has 0 unspecified atom stereocenters. The summed E-state index contributed by atoms with van der Waals surface area (Å²) in [6.45, 7) is 4.91. The highest BCUT2D eigenvalue weighted by atomic mass is 16.2. The number of Topliss-reactive ketones (excluding diaryl/α,β-unsaturated/α-hetero) is 1. The van der Waals surface area contributed by atoms with Crippen molar-refractivity contribution >= 4 is 34.6 Å². The molecule has 2 aromatic carbocycles. The van der Waals surface area contributed by atoms with Crippen molar-refractivity contribution in [3.63, 3.8) is 0 Å². The van der Waals surface area contributed by atoms with Gasteiger partial charge in [-0.2, -0.15) is 5.10 Å². The Bertz CT molecular complexity index is 1520. The maximum atomic E-state index is 13.4. The van der Waals surface area contributed by atoms with Crippen LogP contribution in [0.15, 0.2) is 48.2 Å². The lowest BCUT2D eigenvalue weighted by atomic mass is 10.0. The van der Waals surface area contributed by atoms with Crippen LogP contribution >= 0.6 is 0 Å². The van der Waals surface area contributed by atoms with Crippen LogP contribution in [0.3, 0.4) is 0 Å². The van der Waals surface area contributed by atoms with Gasteiger partial charge in [0.1, 0.15) is 11.6 Å². The SMILES string of the molecule is Cc1nc2ccc(-n3ncc(C(=O)C4=Cc5cc(C(=O)N6CCNCC6)ccc5C4)c3N)cc2[nH]1. The Balaban J connectivity index is 1.26. The molecule has 0 spiro atoms. The van der Waals surface area contributed by atoms with E-state index in [1.54, 1.807) is 4.68 Å². The number of fused-ring (bicyclic) bond motifs is 2. The molecule has 1 aliphatic carbocycles. The van der Waals surface area contributed by atoms with Gasteiger partial charge in [-0.15, -0.1) is 0 Å². The number of ketones is 1. The molecule has 0 saturated carbocycles. The third-order valence-electron chi connectivity index (χ3n) is 6.68. The molecule has 4 N–H and O–H groups in total. The van der Waals surface area contributed by atoms with Gasteiger partial charge in [0, 0.05) is 43.7 Å². The molecule has 0 radical (unpaired) electrons. The zero-order chi connectivity index (χ0) is 24.1. The summed E-state index contributed by atoms with van der Waals surface area (Å²) in [6.07, 6.45) is 3.88. The van der Waals surface area contributed by atoms with Gasteiger partial charge in [-0.1, -0.05) is 6.07 Å². The minimum atomic E-state index is -0.154. The number of anilines is 1. The summed E-state index contributed by atoms with van der Waals surface area (Å²) in [5, 5.41) is 7.64. The first-order chi connectivity index (χ1) is 17.0. The highest BCUT2D eigenvalue weighted by Gasteiger charge is 2.25. The molecule has 35 heavy (non-hydrogen) atoms. The number of nitrogens with one attached hydrogen (secondary N) is 2. The van der Waals surface area contributed by atoms with Crippen molar-refractivity contribution in [2.24, 2.45) is 0 Å². The van der Waals surface area contributed by atoms with Gasteiger partial charge in [0.25, 0.3) is 5.91 Å². The molecule has 9 heteroatoms. The number of imidazole rings is 1. The third kappa shape index (κ3) is 3.70. The van der Waals surface area contributed by atoms with Crippen LogP contribution in [0.5, 0.6) is 0 Å². The number of nitrogens with two attached hydrogens (primary N) is 1. The van der Waals surface area contributed by atoms with Crippen molar-refractivity contribution in [2.45, 2.75) is 13.3 Å². The molecule has 2 aliphatic rings. The summed E-state index contributed by atoms with van der Waals surface area (Å²) < 4.78 is 1.57. The second-order valence-corrected chi connectivity index (χ2v) is 9.01. The van der Waals surface area contributed by atoms with Crippen LogP contribution in [0.4, 0.5) is 5.82 Å². The average molecular weight is 468 g/mol. The number of aromatic amines is 1. The van der Waals surface area contributed by atoms with E-state index < -0.39 is 0 Å². The highest BCUT2D eigenvalue weighted by Crippen LogP contribution is 2.30. The van der Waals surface area contributed by atoms with Crippen LogP contribution in [0.25, 0.3) is 22.8 Å². The van der Waals surface area contributed by atoms with Crippen LogP contribution < -0.4 is 11.1 Å². The summed E-state index contributed by atoms with van der Waals surface area (Å²) in [7, 11) is 0. The second-order valence-electron chi connectivity index (χ2n) is 9.01. The molecule has 0 atom stereocenters. The number of amides is 1. The number of aryl methyl sites for hydroxylation is 1. The summed E-state index contributed by atoms with van der Waals surface area (Å²) in [4.78, 5) is 35.7. The number of carbonyl (C=O) groups is 2. The topological polar surface area (TPSA) is 122 Å². The molecule has 1 saturated heterocycles. The fourth-order valence-corrected chi connectivity index (χ4v) is 4.83. The maximum absolute atomic E-state index is 13.4. The third-order valence-corrected chi connectivity index (χ3v) is 6.68. The summed E-state index contributed by atoms with van der Waals surface area (Å²) >= 11 is 0. The van der Waals surface area contributed by atoms with E-state index in [1.807, 2.05) is 54.3 Å². The van der Waals surface area contributed by atoms with Crippen LogP contribution in [-0.2, 0) is 6.42 Å². The van der Waals surface area contributed by atoms with E-state index in [9.17, 15) is 9.59 Å². The van der Waals surface area contributed by atoms with E-state index >= 15 is 0 Å². The van der Waals surface area contributed by atoms with Gasteiger partial charge in [0.15, 0.2) is 5.78 Å². The number of hydrogen-bond acceptors (Lipinski definition) is 6. The average Bonchev–Trinajstić information content (AvgIpc) is 3.58. The van der Waals surface area contributed by atoms with Crippen LogP contribution in [0.1, 0.15) is 37.7 Å². The number of hydrogen-bond donors (Lipinski definition) is 3. The van der Waals surface area contributed by atoms with Crippen LogP contribution in [-0.4, -0.2) is 62.5 Å². The van der Waals surface area contributed by atoms with Gasteiger partial charge in [0.05, 0.1) is 28.5 Å². The van der Waals surface area contributed by atoms with E-state index in [0.717, 1.165) is 46.8 Å². The number of piperazine rings is 1. The monoisotopic (exact) mass is 467 g/mol. The molecular formula is C26H25N7O2. The number of benzene rings is 2. The normalized spacial score (nSPS) is 15.3. The van der Waals surface area contributed by atoms with Crippen molar-refractivity contribution in [1.82, 2.24) is 30.0 Å². The molecule has 6 rings (SSSR count). The van der Waals surface area contributed by atoms with Gasteiger partial charge in [0.2, 0.25) is 0 Å². The quantitative estimate of drug-likeness (QED) is 0.397.